The van der Waals surface area contributed by atoms with E-state index in [1.54, 1.807) is 12.1 Å². The van der Waals surface area contributed by atoms with Crippen molar-refractivity contribution in [2.45, 2.75) is 6.92 Å². The Morgan fingerprint density at radius 2 is 1.18 bits per heavy atom. The third-order valence-corrected chi connectivity index (χ3v) is 7.12. The first kappa shape index (κ1) is 18.2. The van der Waals surface area contributed by atoms with Crippen molar-refractivity contribution in [3.63, 3.8) is 0 Å². The summed E-state index contributed by atoms with van der Waals surface area (Å²) < 4.78 is 12.0. The lowest BCUT2D eigenvalue weighted by Gasteiger charge is -1.99. The van der Waals surface area contributed by atoms with Crippen molar-refractivity contribution >= 4 is 42.6 Å². The maximum atomic E-state index is 12.0. The number of thiophene rings is 1. The van der Waals surface area contributed by atoms with Gasteiger partial charge >= 0.3 is 11.9 Å². The summed E-state index contributed by atoms with van der Waals surface area (Å²) in [4.78, 5) is 25.3. The van der Waals surface area contributed by atoms with E-state index in [-0.39, 0.29) is 22.4 Å². The van der Waals surface area contributed by atoms with Crippen LogP contribution < -0.4 is 0 Å². The van der Waals surface area contributed by atoms with E-state index < -0.39 is 0 Å². The van der Waals surface area contributed by atoms with E-state index >= 15 is 0 Å². The second-order valence-corrected chi connectivity index (χ2v) is 8.49. The fourth-order valence-electron chi connectivity index (χ4n) is 3.37. The van der Waals surface area contributed by atoms with Crippen LogP contribution in [0, 0.1) is 6.92 Å². The van der Waals surface area contributed by atoms with Gasteiger partial charge in [0.15, 0.2) is 14.3 Å². The van der Waals surface area contributed by atoms with Gasteiger partial charge in [-0.2, -0.15) is 0 Å². The van der Waals surface area contributed by atoms with Crippen LogP contribution in [0.15, 0.2) is 60.7 Å². The van der Waals surface area contributed by atoms with Crippen molar-refractivity contribution in [3.05, 3.63) is 77.4 Å². The lowest BCUT2D eigenvalue weighted by Crippen LogP contribution is -2.00. The van der Waals surface area contributed by atoms with E-state index in [0.29, 0.717) is 11.1 Å². The van der Waals surface area contributed by atoms with Crippen LogP contribution in [0.1, 0.15) is 26.3 Å². The standard InChI is InChI=1S/C23H19O4S/c1-14-4-8-17(9-5-14)28-20-10-6-15(22(24)26-2)12-18(20)19-13-16(23(25)27-3)7-11-21(19)28/h4-13H,1-3H3/q+1. The zero-order valence-electron chi connectivity index (χ0n) is 15.8. The molecular formula is C23H19O4S+. The molecule has 0 aliphatic rings. The fraction of sp³-hybridized carbons (Fsp3) is 0.130. The Morgan fingerprint density at radius 1 is 0.714 bits per heavy atom. The zero-order valence-corrected chi connectivity index (χ0v) is 16.6. The van der Waals surface area contributed by atoms with E-state index in [4.69, 9.17) is 9.47 Å². The average Bonchev–Trinajstić information content (AvgIpc) is 3.06. The van der Waals surface area contributed by atoms with Crippen molar-refractivity contribution in [1.29, 1.82) is 0 Å². The summed E-state index contributed by atoms with van der Waals surface area (Å²) >= 11 is 0. The molecule has 4 rings (SSSR count). The normalized spacial score (nSPS) is 11.0. The number of methoxy groups -OCH3 is 2. The molecule has 0 saturated carbocycles. The molecule has 0 bridgehead atoms. The van der Waals surface area contributed by atoms with Crippen molar-refractivity contribution in [3.8, 4) is 4.90 Å². The highest BCUT2D eigenvalue weighted by atomic mass is 32.2. The number of ether oxygens (including phenoxy) is 2. The first-order valence-corrected chi connectivity index (χ1v) is 10.0. The smallest absolute Gasteiger partial charge is 0.337 e. The lowest BCUT2D eigenvalue weighted by molar-refractivity contribution is 0.0592. The van der Waals surface area contributed by atoms with Gasteiger partial charge in [-0.1, -0.05) is 17.7 Å². The van der Waals surface area contributed by atoms with Gasteiger partial charge in [0.25, 0.3) is 0 Å². The Balaban J connectivity index is 2.08. The van der Waals surface area contributed by atoms with Crippen LogP contribution >= 0.6 is 10.5 Å². The third kappa shape index (κ3) is 2.94. The number of carbonyl (C=O) groups is 2. The van der Waals surface area contributed by atoms with Crippen LogP contribution in [0.3, 0.4) is 0 Å². The fourth-order valence-corrected chi connectivity index (χ4v) is 5.71. The minimum absolute atomic E-state index is 0.300. The summed E-state index contributed by atoms with van der Waals surface area (Å²) in [6.45, 7) is 2.06. The molecule has 1 aromatic heterocycles. The molecule has 0 aliphatic heterocycles. The Labute approximate surface area is 165 Å². The first-order valence-electron chi connectivity index (χ1n) is 8.79. The summed E-state index contributed by atoms with van der Waals surface area (Å²) in [5.41, 5.74) is 2.18. The van der Waals surface area contributed by atoms with Gasteiger partial charge in [0.1, 0.15) is 0 Å². The van der Waals surface area contributed by atoms with Crippen LogP contribution in [-0.4, -0.2) is 26.2 Å². The number of carbonyl (C=O) groups excluding carboxylic acids is 2. The minimum atomic E-state index is -0.379. The number of hydrogen-bond donors (Lipinski definition) is 0. The predicted octanol–water partition coefficient (Wildman–Crippen LogP) is 5.61. The number of rotatable bonds is 3. The molecule has 0 unspecified atom stereocenters. The molecule has 0 fully saturated rings. The van der Waals surface area contributed by atoms with Gasteiger partial charge in [0.05, 0.1) is 25.3 Å². The van der Waals surface area contributed by atoms with Gasteiger partial charge in [-0.25, -0.2) is 9.59 Å². The lowest BCUT2D eigenvalue weighted by atomic mass is 10.1. The SMILES string of the molecule is COC(=O)c1ccc2c(c1)c1cc(C(=O)OC)ccc1[s+]2-c1ccc(C)cc1. The second-order valence-electron chi connectivity index (χ2n) is 6.52. The van der Waals surface area contributed by atoms with Crippen LogP contribution in [0.2, 0.25) is 0 Å². The second kappa shape index (κ2) is 7.09. The number of hydrogen-bond acceptors (Lipinski definition) is 4. The maximum absolute atomic E-state index is 12.0. The number of aryl methyl sites for hydroxylation is 1. The van der Waals surface area contributed by atoms with E-state index in [1.165, 1.54) is 24.7 Å². The van der Waals surface area contributed by atoms with E-state index in [1.807, 2.05) is 24.3 Å². The van der Waals surface area contributed by atoms with Crippen LogP contribution in [0.5, 0.6) is 0 Å². The highest BCUT2D eigenvalue weighted by molar-refractivity contribution is 7.50. The van der Waals surface area contributed by atoms with Crippen molar-refractivity contribution in [2.24, 2.45) is 0 Å². The molecule has 0 spiro atoms. The summed E-state index contributed by atoms with van der Waals surface area (Å²) in [5, 5.41) is 1.90. The molecule has 0 N–H and O–H groups in total. The van der Waals surface area contributed by atoms with E-state index in [2.05, 4.69) is 31.2 Å². The largest absolute Gasteiger partial charge is 0.465 e. The number of benzene rings is 3. The third-order valence-electron chi connectivity index (χ3n) is 4.79. The molecule has 0 atom stereocenters. The molecule has 28 heavy (non-hydrogen) atoms. The van der Waals surface area contributed by atoms with Gasteiger partial charge in [-0.05, 0) is 55.5 Å². The molecule has 0 saturated heterocycles. The maximum Gasteiger partial charge on any atom is 0.337 e. The Morgan fingerprint density at radius 3 is 1.61 bits per heavy atom. The monoisotopic (exact) mass is 391 g/mol. The molecule has 0 aliphatic carbocycles. The van der Waals surface area contributed by atoms with Crippen molar-refractivity contribution in [2.75, 3.05) is 14.2 Å². The quantitative estimate of drug-likeness (QED) is 0.336. The van der Waals surface area contributed by atoms with Gasteiger partial charge < -0.3 is 9.47 Å². The van der Waals surface area contributed by atoms with Gasteiger partial charge in [0.2, 0.25) is 0 Å². The molecule has 3 aromatic carbocycles. The molecule has 4 aromatic rings. The first-order chi connectivity index (χ1) is 13.5. The Hall–Kier alpha value is -3.18. The molecular weight excluding hydrogens is 372 g/mol. The van der Waals surface area contributed by atoms with Crippen LogP contribution in [0.25, 0.3) is 25.1 Å². The van der Waals surface area contributed by atoms with Gasteiger partial charge in [-0.3, -0.25) is 0 Å². The highest BCUT2D eigenvalue weighted by Gasteiger charge is 2.25. The molecule has 0 radical (unpaired) electrons. The Kier molecular flexibility index (Phi) is 4.61. The Bertz CT molecular complexity index is 1150. The summed E-state index contributed by atoms with van der Waals surface area (Å²) in [6.07, 6.45) is 0. The topological polar surface area (TPSA) is 52.6 Å². The summed E-state index contributed by atoms with van der Waals surface area (Å²) in [5.74, 6) is -0.758. The van der Waals surface area contributed by atoms with E-state index in [9.17, 15) is 9.59 Å². The number of esters is 2. The van der Waals surface area contributed by atoms with Crippen LogP contribution in [-0.2, 0) is 9.47 Å². The van der Waals surface area contributed by atoms with E-state index in [0.717, 1.165) is 20.2 Å². The van der Waals surface area contributed by atoms with Crippen LogP contribution in [0.4, 0.5) is 0 Å². The van der Waals surface area contributed by atoms with Crippen molar-refractivity contribution < 1.29 is 19.1 Å². The minimum Gasteiger partial charge on any atom is -0.465 e. The highest BCUT2D eigenvalue weighted by Crippen LogP contribution is 2.48. The zero-order chi connectivity index (χ0) is 19.8. The molecule has 4 nitrogen and oxygen atoms in total. The van der Waals surface area contributed by atoms with Gasteiger partial charge in [-0.15, -0.1) is 0 Å². The predicted molar refractivity (Wildman–Crippen MR) is 113 cm³/mol. The molecule has 0 amide bonds. The average molecular weight is 391 g/mol. The summed E-state index contributed by atoms with van der Waals surface area (Å²) in [7, 11) is 2.44. The molecule has 5 heteroatoms. The summed E-state index contributed by atoms with van der Waals surface area (Å²) in [6, 6.07) is 19.8. The van der Waals surface area contributed by atoms with Gasteiger partial charge in [0, 0.05) is 21.2 Å². The molecule has 140 valence electrons. The molecule has 1 heterocycles. The van der Waals surface area contributed by atoms with Crippen molar-refractivity contribution in [1.82, 2.24) is 0 Å². The number of fused-ring (bicyclic) bond motifs is 3.